The summed E-state index contributed by atoms with van der Waals surface area (Å²) in [6.07, 6.45) is 2.15. The zero-order chi connectivity index (χ0) is 23.2. The number of hydrogen-bond donors (Lipinski definition) is 4. The summed E-state index contributed by atoms with van der Waals surface area (Å²) < 4.78 is 29.3. The Labute approximate surface area is 189 Å². The lowest BCUT2D eigenvalue weighted by molar-refractivity contribution is -0.125. The van der Waals surface area contributed by atoms with Gasteiger partial charge >= 0.3 is 6.03 Å². The van der Waals surface area contributed by atoms with Crippen molar-refractivity contribution in [1.29, 1.82) is 0 Å². The van der Waals surface area contributed by atoms with Gasteiger partial charge in [-0.05, 0) is 29.8 Å². The highest BCUT2D eigenvalue weighted by Gasteiger charge is 2.29. The maximum atomic E-state index is 13.0. The molecule has 2 aliphatic heterocycles. The lowest BCUT2D eigenvalue weighted by atomic mass is 10.0. The molecule has 2 aromatic rings. The summed E-state index contributed by atoms with van der Waals surface area (Å²) >= 11 is 0. The van der Waals surface area contributed by atoms with Crippen molar-refractivity contribution in [1.82, 2.24) is 10.6 Å². The van der Waals surface area contributed by atoms with E-state index in [4.69, 9.17) is 14.2 Å². The van der Waals surface area contributed by atoms with Crippen LogP contribution in [-0.2, 0) is 16.1 Å². The first kappa shape index (κ1) is 22.6. The van der Waals surface area contributed by atoms with Crippen molar-refractivity contribution >= 4 is 17.6 Å². The molecule has 3 amide bonds. The molecule has 4 N–H and O–H groups in total. The second-order valence-corrected chi connectivity index (χ2v) is 7.58. The zero-order valence-corrected chi connectivity index (χ0v) is 17.6. The number of amides is 3. The van der Waals surface area contributed by atoms with E-state index in [1.165, 1.54) is 12.1 Å². The second-order valence-electron chi connectivity index (χ2n) is 7.58. The van der Waals surface area contributed by atoms with E-state index < -0.39 is 24.3 Å². The van der Waals surface area contributed by atoms with Gasteiger partial charge in [-0.1, -0.05) is 24.3 Å². The minimum absolute atomic E-state index is 0.0459. The van der Waals surface area contributed by atoms with Crippen molar-refractivity contribution in [2.75, 3.05) is 18.7 Å². The van der Waals surface area contributed by atoms with Crippen LogP contribution < -0.4 is 25.4 Å². The van der Waals surface area contributed by atoms with E-state index in [2.05, 4.69) is 16.0 Å². The number of ether oxygens (including phenoxy) is 3. The molecule has 10 heteroatoms. The Morgan fingerprint density at radius 1 is 1.06 bits per heavy atom. The Bertz CT molecular complexity index is 1030. The molecule has 3 atom stereocenters. The fraction of sp³-hybridized carbons (Fsp3) is 0.304. The summed E-state index contributed by atoms with van der Waals surface area (Å²) in [6, 6.07) is 9.82. The van der Waals surface area contributed by atoms with Crippen LogP contribution in [0.5, 0.6) is 11.5 Å². The van der Waals surface area contributed by atoms with E-state index in [-0.39, 0.29) is 38.1 Å². The molecule has 0 spiro atoms. The van der Waals surface area contributed by atoms with Gasteiger partial charge in [0, 0.05) is 18.3 Å². The number of hydrogen-bond acceptors (Lipinski definition) is 6. The Morgan fingerprint density at radius 2 is 1.85 bits per heavy atom. The largest absolute Gasteiger partial charge is 0.454 e. The molecule has 0 fully saturated rings. The van der Waals surface area contributed by atoms with E-state index in [1.807, 2.05) is 0 Å². The van der Waals surface area contributed by atoms with Gasteiger partial charge in [0.25, 0.3) is 0 Å². The summed E-state index contributed by atoms with van der Waals surface area (Å²) in [4.78, 5) is 24.6. The maximum absolute atomic E-state index is 13.0. The minimum Gasteiger partial charge on any atom is -0.454 e. The third-order valence-corrected chi connectivity index (χ3v) is 5.18. The molecular formula is C23H24FN3O6. The molecule has 33 heavy (non-hydrogen) atoms. The number of carbonyl (C=O) groups is 2. The number of fused-ring (bicyclic) bond motifs is 1. The van der Waals surface area contributed by atoms with Crippen molar-refractivity contribution in [3.05, 3.63) is 66.0 Å². The van der Waals surface area contributed by atoms with Gasteiger partial charge in [-0.3, -0.25) is 4.79 Å². The van der Waals surface area contributed by atoms with E-state index in [1.54, 1.807) is 42.5 Å². The predicted octanol–water partition coefficient (Wildman–Crippen LogP) is 2.07. The van der Waals surface area contributed by atoms with Crippen LogP contribution in [0.1, 0.15) is 12.0 Å². The summed E-state index contributed by atoms with van der Waals surface area (Å²) in [5.74, 6) is 0.561. The van der Waals surface area contributed by atoms with Crippen LogP contribution in [0, 0.1) is 5.82 Å². The fourth-order valence-corrected chi connectivity index (χ4v) is 3.49. The Kier molecular flexibility index (Phi) is 7.06. The Hall–Kier alpha value is -3.63. The van der Waals surface area contributed by atoms with Gasteiger partial charge in [-0.25, -0.2) is 9.18 Å². The number of rotatable bonds is 7. The van der Waals surface area contributed by atoms with Gasteiger partial charge in [0.1, 0.15) is 11.9 Å². The van der Waals surface area contributed by atoms with Crippen LogP contribution >= 0.6 is 0 Å². The predicted molar refractivity (Wildman–Crippen MR) is 116 cm³/mol. The molecule has 0 aromatic heterocycles. The Balaban J connectivity index is 1.26. The number of aliphatic hydroxyl groups is 1. The highest BCUT2D eigenvalue weighted by atomic mass is 19.1. The fourth-order valence-electron chi connectivity index (χ4n) is 3.49. The number of carbonyl (C=O) groups excluding carboxylic acids is 2. The topological polar surface area (TPSA) is 118 Å². The van der Waals surface area contributed by atoms with Gasteiger partial charge in [0.05, 0.1) is 25.2 Å². The number of nitrogens with one attached hydrogen (secondary N) is 3. The normalized spacial score (nSPS) is 20.8. The molecule has 0 saturated carbocycles. The van der Waals surface area contributed by atoms with Crippen molar-refractivity contribution in [3.63, 3.8) is 0 Å². The first-order valence-corrected chi connectivity index (χ1v) is 10.4. The third-order valence-electron chi connectivity index (χ3n) is 5.18. The first-order chi connectivity index (χ1) is 16.0. The molecule has 0 radical (unpaired) electrons. The van der Waals surface area contributed by atoms with Crippen LogP contribution in [-0.4, -0.2) is 48.7 Å². The highest BCUT2D eigenvalue weighted by Crippen LogP contribution is 2.34. The molecule has 2 aromatic carbocycles. The van der Waals surface area contributed by atoms with Crippen molar-refractivity contribution < 1.29 is 33.3 Å². The SMILES string of the molecule is O=C(C[C@H]1C=C[C@H](NC(=O)Nc2ccc3c(c2)OCO3)[C@@H](CO)O1)NCc1ccc(F)cc1. The number of anilines is 1. The van der Waals surface area contributed by atoms with Crippen molar-refractivity contribution in [2.45, 2.75) is 31.2 Å². The molecule has 0 bridgehead atoms. The standard InChI is InChI=1S/C23H24FN3O6/c24-15-3-1-14(2-4-15)11-25-22(29)10-17-6-7-18(21(12-28)33-17)27-23(30)26-16-5-8-19-20(9-16)32-13-31-19/h1-9,17-18,21,28H,10-13H2,(H,25,29)(H2,26,27,30)/t17-,18+,21-/m1/s1. The summed E-state index contributed by atoms with van der Waals surface area (Å²) in [7, 11) is 0. The summed E-state index contributed by atoms with van der Waals surface area (Å²) in [5, 5.41) is 17.9. The van der Waals surface area contributed by atoms with Crippen LogP contribution in [0.25, 0.3) is 0 Å². The van der Waals surface area contributed by atoms with Gasteiger partial charge < -0.3 is 35.3 Å². The highest BCUT2D eigenvalue weighted by molar-refractivity contribution is 5.90. The molecule has 4 rings (SSSR count). The molecular weight excluding hydrogens is 433 g/mol. The van der Waals surface area contributed by atoms with Gasteiger partial charge in [-0.2, -0.15) is 0 Å². The molecule has 2 aliphatic rings. The van der Waals surface area contributed by atoms with Crippen LogP contribution in [0.2, 0.25) is 0 Å². The molecule has 0 saturated heterocycles. The number of benzene rings is 2. The molecule has 2 heterocycles. The van der Waals surface area contributed by atoms with E-state index in [0.29, 0.717) is 17.2 Å². The monoisotopic (exact) mass is 457 g/mol. The summed E-state index contributed by atoms with van der Waals surface area (Å²) in [5.41, 5.74) is 1.30. The zero-order valence-electron chi connectivity index (χ0n) is 17.6. The molecule has 0 unspecified atom stereocenters. The van der Waals surface area contributed by atoms with E-state index >= 15 is 0 Å². The number of halogens is 1. The van der Waals surface area contributed by atoms with Crippen molar-refractivity contribution in [3.8, 4) is 11.5 Å². The first-order valence-electron chi connectivity index (χ1n) is 10.4. The summed E-state index contributed by atoms with van der Waals surface area (Å²) in [6.45, 7) is 0.0645. The second kappa shape index (κ2) is 10.3. The minimum atomic E-state index is -0.715. The Morgan fingerprint density at radius 3 is 2.64 bits per heavy atom. The molecule has 9 nitrogen and oxygen atoms in total. The van der Waals surface area contributed by atoms with Crippen LogP contribution in [0.4, 0.5) is 14.9 Å². The van der Waals surface area contributed by atoms with Crippen LogP contribution in [0.3, 0.4) is 0 Å². The van der Waals surface area contributed by atoms with Crippen LogP contribution in [0.15, 0.2) is 54.6 Å². The lowest BCUT2D eigenvalue weighted by Gasteiger charge is -2.31. The average molecular weight is 457 g/mol. The van der Waals surface area contributed by atoms with Crippen molar-refractivity contribution in [2.24, 2.45) is 0 Å². The van der Waals surface area contributed by atoms with E-state index in [9.17, 15) is 19.1 Å². The maximum Gasteiger partial charge on any atom is 0.319 e. The smallest absolute Gasteiger partial charge is 0.319 e. The van der Waals surface area contributed by atoms with E-state index in [0.717, 1.165) is 5.56 Å². The third kappa shape index (κ3) is 5.99. The average Bonchev–Trinajstić information content (AvgIpc) is 3.27. The molecule has 0 aliphatic carbocycles. The molecule has 174 valence electrons. The number of aliphatic hydroxyl groups excluding tert-OH is 1. The van der Waals surface area contributed by atoms with Gasteiger partial charge in [-0.15, -0.1) is 0 Å². The van der Waals surface area contributed by atoms with Gasteiger partial charge in [0.2, 0.25) is 12.7 Å². The van der Waals surface area contributed by atoms with Gasteiger partial charge in [0.15, 0.2) is 11.5 Å². The lowest BCUT2D eigenvalue weighted by Crippen LogP contribution is -2.50. The number of urea groups is 1. The quantitative estimate of drug-likeness (QED) is 0.473.